The molecule has 0 saturated carbocycles. The van der Waals surface area contributed by atoms with Crippen molar-refractivity contribution in [2.75, 3.05) is 26.7 Å². The van der Waals surface area contributed by atoms with Gasteiger partial charge in [0.1, 0.15) is 4.90 Å². The summed E-state index contributed by atoms with van der Waals surface area (Å²) in [5.41, 5.74) is 0.994. The van der Waals surface area contributed by atoms with Gasteiger partial charge in [0.2, 0.25) is 10.0 Å². The number of nitrogens with zero attached hydrogens (tertiary/aromatic N) is 1. The van der Waals surface area contributed by atoms with Crippen LogP contribution in [0.3, 0.4) is 0 Å². The van der Waals surface area contributed by atoms with Crippen molar-refractivity contribution < 1.29 is 8.42 Å². The molecule has 124 valence electrons. The van der Waals surface area contributed by atoms with Gasteiger partial charge >= 0.3 is 0 Å². The summed E-state index contributed by atoms with van der Waals surface area (Å²) < 4.78 is 27.3. The second kappa shape index (κ2) is 7.30. The van der Waals surface area contributed by atoms with Gasteiger partial charge in [-0.05, 0) is 56.0 Å². The van der Waals surface area contributed by atoms with E-state index in [9.17, 15) is 8.42 Å². The van der Waals surface area contributed by atoms with E-state index in [1.54, 1.807) is 16.4 Å². The Labute approximate surface area is 138 Å². The maximum absolute atomic E-state index is 12.9. The van der Waals surface area contributed by atoms with Crippen LogP contribution in [0, 0.1) is 5.92 Å². The van der Waals surface area contributed by atoms with Gasteiger partial charge in [-0.2, -0.15) is 4.31 Å². The molecule has 0 radical (unpaired) electrons. The lowest BCUT2D eigenvalue weighted by molar-refractivity contribution is 0.270. The topological polar surface area (TPSA) is 49.4 Å². The number of rotatable bonds is 5. The lowest BCUT2D eigenvalue weighted by Crippen LogP contribution is -2.40. The molecular formula is C16H25ClN2O2S. The molecule has 1 aliphatic heterocycles. The maximum atomic E-state index is 12.9. The minimum atomic E-state index is -3.51. The molecule has 22 heavy (non-hydrogen) atoms. The van der Waals surface area contributed by atoms with Crippen LogP contribution in [0.5, 0.6) is 0 Å². The highest BCUT2D eigenvalue weighted by molar-refractivity contribution is 7.89. The summed E-state index contributed by atoms with van der Waals surface area (Å²) in [6, 6.07) is 5.31. The summed E-state index contributed by atoms with van der Waals surface area (Å²) in [6.07, 6.45) is 1.78. The predicted molar refractivity (Wildman–Crippen MR) is 91.0 cm³/mol. The van der Waals surface area contributed by atoms with Gasteiger partial charge in [0.25, 0.3) is 0 Å². The molecule has 0 aliphatic carbocycles. The van der Waals surface area contributed by atoms with Crippen molar-refractivity contribution >= 4 is 21.6 Å². The Balaban J connectivity index is 2.22. The molecule has 0 bridgehead atoms. The van der Waals surface area contributed by atoms with Gasteiger partial charge in [-0.15, -0.1) is 0 Å². The summed E-state index contributed by atoms with van der Waals surface area (Å²) in [5.74, 6) is 0.821. The quantitative estimate of drug-likeness (QED) is 0.893. The molecule has 1 N–H and O–H groups in total. The molecule has 0 amide bonds. The average Bonchev–Trinajstić information content (AvgIpc) is 2.48. The first-order valence-corrected chi connectivity index (χ1v) is 9.62. The van der Waals surface area contributed by atoms with Crippen molar-refractivity contribution in [2.45, 2.75) is 37.5 Å². The molecule has 1 fully saturated rings. The van der Waals surface area contributed by atoms with Crippen LogP contribution in [0.4, 0.5) is 0 Å². The summed E-state index contributed by atoms with van der Waals surface area (Å²) in [6.45, 7) is 6.16. The minimum absolute atomic E-state index is 0.243. The number of hydrogen-bond donors (Lipinski definition) is 1. The minimum Gasteiger partial charge on any atom is -0.319 e. The molecule has 6 heteroatoms. The van der Waals surface area contributed by atoms with Gasteiger partial charge in [-0.3, -0.25) is 0 Å². The fourth-order valence-electron chi connectivity index (χ4n) is 2.86. The Kier molecular flexibility index (Phi) is 5.88. The SMILES string of the molecule is CNCC1CCN(S(=O)(=O)c2cc(C(C)C)ccc2Cl)CC1. The normalized spacial score (nSPS) is 18.0. The summed E-state index contributed by atoms with van der Waals surface area (Å²) in [5, 5.41) is 3.47. The molecule has 0 aromatic heterocycles. The van der Waals surface area contributed by atoms with E-state index in [0.717, 1.165) is 24.9 Å². The van der Waals surface area contributed by atoms with Crippen LogP contribution in [-0.2, 0) is 10.0 Å². The molecule has 4 nitrogen and oxygen atoms in total. The second-order valence-corrected chi connectivity index (χ2v) is 8.56. The van der Waals surface area contributed by atoms with Gasteiger partial charge in [0, 0.05) is 13.1 Å². The Bertz CT molecular complexity index is 609. The zero-order chi connectivity index (χ0) is 16.3. The molecule has 1 aromatic rings. The van der Waals surface area contributed by atoms with E-state index in [1.165, 1.54) is 0 Å². The van der Waals surface area contributed by atoms with Crippen LogP contribution < -0.4 is 5.32 Å². The third kappa shape index (κ3) is 3.82. The zero-order valence-electron chi connectivity index (χ0n) is 13.5. The zero-order valence-corrected chi connectivity index (χ0v) is 15.0. The van der Waals surface area contributed by atoms with Crippen LogP contribution in [0.1, 0.15) is 38.2 Å². The molecule has 1 aromatic carbocycles. The molecular weight excluding hydrogens is 320 g/mol. The van der Waals surface area contributed by atoms with Crippen molar-refractivity contribution in [1.29, 1.82) is 0 Å². The summed E-state index contributed by atoms with van der Waals surface area (Å²) in [7, 11) is -1.58. The lowest BCUT2D eigenvalue weighted by atomic mass is 9.98. The van der Waals surface area contributed by atoms with Crippen molar-refractivity contribution in [3.63, 3.8) is 0 Å². The first kappa shape index (κ1) is 17.7. The van der Waals surface area contributed by atoms with Gasteiger partial charge in [0.05, 0.1) is 5.02 Å². The van der Waals surface area contributed by atoms with E-state index in [2.05, 4.69) is 5.32 Å². The lowest BCUT2D eigenvalue weighted by Gasteiger charge is -2.31. The van der Waals surface area contributed by atoms with E-state index in [4.69, 9.17) is 11.6 Å². The van der Waals surface area contributed by atoms with E-state index >= 15 is 0 Å². The van der Waals surface area contributed by atoms with Gasteiger partial charge < -0.3 is 5.32 Å². The van der Waals surface area contributed by atoms with Crippen molar-refractivity contribution in [3.05, 3.63) is 28.8 Å². The Hall–Kier alpha value is -0.620. The highest BCUT2D eigenvalue weighted by atomic mass is 35.5. The molecule has 2 rings (SSSR count). The van der Waals surface area contributed by atoms with E-state index < -0.39 is 10.0 Å². The van der Waals surface area contributed by atoms with Crippen molar-refractivity contribution in [2.24, 2.45) is 5.92 Å². The second-order valence-electron chi connectivity index (χ2n) is 6.25. The predicted octanol–water partition coefficient (Wildman–Crippen LogP) is 3.08. The number of hydrogen-bond acceptors (Lipinski definition) is 3. The van der Waals surface area contributed by atoms with Crippen LogP contribution in [0.25, 0.3) is 0 Å². The van der Waals surface area contributed by atoms with Crippen LogP contribution in [-0.4, -0.2) is 39.4 Å². The molecule has 1 heterocycles. The highest BCUT2D eigenvalue weighted by Gasteiger charge is 2.30. The van der Waals surface area contributed by atoms with Crippen molar-refractivity contribution in [1.82, 2.24) is 9.62 Å². The van der Waals surface area contributed by atoms with Crippen LogP contribution in [0.2, 0.25) is 5.02 Å². The van der Waals surface area contributed by atoms with Crippen LogP contribution in [0.15, 0.2) is 23.1 Å². The standard InChI is InChI=1S/C16H25ClN2O2S/c1-12(2)14-4-5-15(17)16(10-14)22(20,21)19-8-6-13(7-9-19)11-18-3/h4-5,10,12-13,18H,6-9,11H2,1-3H3. The monoisotopic (exact) mass is 344 g/mol. The molecule has 1 saturated heterocycles. The Morgan fingerprint density at radius 2 is 1.95 bits per heavy atom. The van der Waals surface area contributed by atoms with Crippen molar-refractivity contribution in [3.8, 4) is 0 Å². The molecule has 0 spiro atoms. The van der Waals surface area contributed by atoms with E-state index in [0.29, 0.717) is 24.0 Å². The first-order chi connectivity index (χ1) is 10.4. The van der Waals surface area contributed by atoms with Gasteiger partial charge in [-0.1, -0.05) is 31.5 Å². The molecule has 0 atom stereocenters. The largest absolute Gasteiger partial charge is 0.319 e. The van der Waals surface area contributed by atoms with Crippen LogP contribution >= 0.6 is 11.6 Å². The maximum Gasteiger partial charge on any atom is 0.244 e. The fourth-order valence-corrected chi connectivity index (χ4v) is 4.84. The average molecular weight is 345 g/mol. The summed E-state index contributed by atoms with van der Waals surface area (Å²) >= 11 is 6.17. The molecule has 1 aliphatic rings. The molecule has 0 unspecified atom stereocenters. The highest BCUT2D eigenvalue weighted by Crippen LogP contribution is 2.30. The van der Waals surface area contributed by atoms with Gasteiger partial charge in [-0.25, -0.2) is 8.42 Å². The number of sulfonamides is 1. The third-order valence-electron chi connectivity index (χ3n) is 4.31. The number of piperidine rings is 1. The first-order valence-electron chi connectivity index (χ1n) is 7.80. The smallest absolute Gasteiger partial charge is 0.244 e. The fraction of sp³-hybridized carbons (Fsp3) is 0.625. The number of halogens is 1. The Morgan fingerprint density at radius 3 is 2.50 bits per heavy atom. The van der Waals surface area contributed by atoms with E-state index in [1.807, 2.05) is 27.0 Å². The number of nitrogens with one attached hydrogen (secondary N) is 1. The Morgan fingerprint density at radius 1 is 1.32 bits per heavy atom. The van der Waals surface area contributed by atoms with Gasteiger partial charge in [0.15, 0.2) is 0 Å². The third-order valence-corrected chi connectivity index (χ3v) is 6.69. The number of benzene rings is 1. The van der Waals surface area contributed by atoms with E-state index in [-0.39, 0.29) is 10.8 Å². The summed E-state index contributed by atoms with van der Waals surface area (Å²) in [4.78, 5) is 0.243.